The third kappa shape index (κ3) is 12.0. The van der Waals surface area contributed by atoms with Crippen LogP contribution < -0.4 is 0 Å². The Morgan fingerprint density at radius 3 is 1.77 bits per heavy atom. The number of hydrogen-bond donors (Lipinski definition) is 1. The number of hydrogen-bond acceptors (Lipinski definition) is 4. The van der Waals surface area contributed by atoms with E-state index in [1.54, 1.807) is 0 Å². The highest BCUT2D eigenvalue weighted by Crippen LogP contribution is 2.25. The normalized spacial score (nSPS) is 13.6. The van der Waals surface area contributed by atoms with Gasteiger partial charge in [0.2, 0.25) is 0 Å². The van der Waals surface area contributed by atoms with Crippen LogP contribution in [0, 0.1) is 0 Å². The summed E-state index contributed by atoms with van der Waals surface area (Å²) in [6, 6.07) is 2.30. The van der Waals surface area contributed by atoms with Crippen molar-refractivity contribution in [2.45, 2.75) is 77.6 Å². The fraction of sp³-hybridized carbons (Fsp3) is 1.00. The van der Waals surface area contributed by atoms with Gasteiger partial charge in [0.1, 0.15) is 0 Å². The highest BCUT2D eigenvalue weighted by molar-refractivity contribution is 6.87. The summed E-state index contributed by atoms with van der Waals surface area (Å²) < 4.78 is 18.5. The molecule has 0 unspecified atom stereocenters. The van der Waals surface area contributed by atoms with Gasteiger partial charge in [-0.1, -0.05) is 13.3 Å². The minimum absolute atomic E-state index is 0.206. The monoisotopic (exact) mass is 366 g/mol. The number of rotatable bonds is 13. The molecule has 0 spiro atoms. The zero-order chi connectivity index (χ0) is 17.3. The Bertz CT molecular complexity index is 297. The van der Waals surface area contributed by atoms with Crippen molar-refractivity contribution in [1.29, 1.82) is 0 Å². The molecule has 1 N–H and O–H groups in total. The molecule has 22 heavy (non-hydrogen) atoms. The molecule has 0 heterocycles. The van der Waals surface area contributed by atoms with Gasteiger partial charge in [0.05, 0.1) is 0 Å². The summed E-state index contributed by atoms with van der Waals surface area (Å²) in [5.41, 5.74) is 0. The first-order valence-corrected chi connectivity index (χ1v) is 17.7. The lowest BCUT2D eigenvalue weighted by Gasteiger charge is -2.38. The average Bonchev–Trinajstić information content (AvgIpc) is 2.30. The van der Waals surface area contributed by atoms with Crippen LogP contribution in [-0.4, -0.2) is 50.1 Å². The fourth-order valence-corrected chi connectivity index (χ4v) is 17.1. The van der Waals surface area contributed by atoms with E-state index >= 15 is 0 Å². The predicted octanol–water partition coefficient (Wildman–Crippen LogP) is 4.33. The van der Waals surface area contributed by atoms with E-state index in [1.807, 2.05) is 0 Å². The molecule has 0 fully saturated rings. The maximum absolute atomic E-state index is 8.71. The van der Waals surface area contributed by atoms with Crippen molar-refractivity contribution in [2.24, 2.45) is 0 Å². The Morgan fingerprint density at radius 1 is 0.773 bits per heavy atom. The van der Waals surface area contributed by atoms with Crippen LogP contribution in [0.5, 0.6) is 0 Å². The van der Waals surface area contributed by atoms with Crippen LogP contribution in [-0.2, 0) is 13.0 Å². The topological polar surface area (TPSA) is 47.9 Å². The molecule has 0 aromatic heterocycles. The average molecular weight is 367 g/mol. The van der Waals surface area contributed by atoms with E-state index < -0.39 is 25.2 Å². The standard InChI is InChI=1S/C15H38O4Si3/c1-8-14-20(2,3)18-22(6,7)19-21(4,5)15-10-13-17-12-9-11-16/h16H,8-15H2,1-7H3. The Labute approximate surface area is 141 Å². The maximum atomic E-state index is 8.71. The molecule has 0 bridgehead atoms. The molecule has 0 aliphatic rings. The Kier molecular flexibility index (Phi) is 10.6. The van der Waals surface area contributed by atoms with Gasteiger partial charge in [0.15, 0.2) is 16.6 Å². The van der Waals surface area contributed by atoms with Gasteiger partial charge in [0, 0.05) is 19.8 Å². The van der Waals surface area contributed by atoms with Crippen molar-refractivity contribution in [3.8, 4) is 0 Å². The van der Waals surface area contributed by atoms with Crippen molar-refractivity contribution in [1.82, 2.24) is 0 Å². The zero-order valence-corrected chi connectivity index (χ0v) is 18.8. The van der Waals surface area contributed by atoms with E-state index in [4.69, 9.17) is 18.1 Å². The molecule has 7 heteroatoms. The molecule has 0 saturated carbocycles. The molecule has 0 aromatic rings. The molecular weight excluding hydrogens is 328 g/mol. The van der Waals surface area contributed by atoms with E-state index in [9.17, 15) is 0 Å². The van der Waals surface area contributed by atoms with Gasteiger partial charge in [0.25, 0.3) is 0 Å². The Morgan fingerprint density at radius 2 is 1.27 bits per heavy atom. The molecule has 0 aliphatic heterocycles. The summed E-state index contributed by atoms with van der Waals surface area (Å²) in [6.45, 7) is 17.4. The lowest BCUT2D eigenvalue weighted by atomic mass is 10.5. The van der Waals surface area contributed by atoms with Gasteiger partial charge in [-0.05, 0) is 64.2 Å². The van der Waals surface area contributed by atoms with Crippen LogP contribution in [0.25, 0.3) is 0 Å². The Balaban J connectivity index is 4.19. The van der Waals surface area contributed by atoms with Crippen molar-refractivity contribution >= 4 is 25.2 Å². The largest absolute Gasteiger partial charge is 0.437 e. The van der Waals surface area contributed by atoms with Crippen LogP contribution in [0.3, 0.4) is 0 Å². The van der Waals surface area contributed by atoms with E-state index in [-0.39, 0.29) is 6.61 Å². The van der Waals surface area contributed by atoms with Crippen molar-refractivity contribution in [3.05, 3.63) is 0 Å². The Hall–Kier alpha value is 0.491. The zero-order valence-electron chi connectivity index (χ0n) is 15.8. The molecule has 0 rings (SSSR count). The molecule has 0 aromatic carbocycles. The number of aliphatic hydroxyl groups is 1. The fourth-order valence-electron chi connectivity index (χ4n) is 2.92. The van der Waals surface area contributed by atoms with Crippen LogP contribution >= 0.6 is 0 Å². The van der Waals surface area contributed by atoms with Crippen LogP contribution in [0.2, 0.25) is 51.4 Å². The highest BCUT2D eigenvalue weighted by atomic mass is 28.5. The van der Waals surface area contributed by atoms with Crippen molar-refractivity contribution in [2.75, 3.05) is 19.8 Å². The second-order valence-corrected chi connectivity index (χ2v) is 20.1. The van der Waals surface area contributed by atoms with E-state index in [0.717, 1.165) is 25.5 Å². The third-order valence-electron chi connectivity index (χ3n) is 3.41. The first kappa shape index (κ1) is 22.5. The molecule has 0 radical (unpaired) electrons. The lowest BCUT2D eigenvalue weighted by molar-refractivity contribution is 0.116. The van der Waals surface area contributed by atoms with Gasteiger partial charge < -0.3 is 18.1 Å². The molecule has 134 valence electrons. The summed E-state index contributed by atoms with van der Waals surface area (Å²) in [5, 5.41) is 8.71. The SMILES string of the molecule is CCC[Si](C)(C)O[Si](C)(C)O[Si](C)(C)CCCOCCCO. The number of aliphatic hydroxyl groups excluding tert-OH is 1. The van der Waals surface area contributed by atoms with Gasteiger partial charge in [-0.3, -0.25) is 0 Å². The quantitative estimate of drug-likeness (QED) is 0.389. The first-order valence-electron chi connectivity index (χ1n) is 8.62. The lowest BCUT2D eigenvalue weighted by Crippen LogP contribution is -2.52. The number of ether oxygens (including phenoxy) is 1. The van der Waals surface area contributed by atoms with Crippen LogP contribution in [0.1, 0.15) is 26.2 Å². The van der Waals surface area contributed by atoms with E-state index in [2.05, 4.69) is 46.2 Å². The smallest absolute Gasteiger partial charge is 0.311 e. The first-order chi connectivity index (χ1) is 10.0. The predicted molar refractivity (Wildman–Crippen MR) is 102 cm³/mol. The van der Waals surface area contributed by atoms with Crippen molar-refractivity contribution in [3.63, 3.8) is 0 Å². The molecule has 4 nitrogen and oxygen atoms in total. The molecular formula is C15H38O4Si3. The van der Waals surface area contributed by atoms with Gasteiger partial charge in [-0.2, -0.15) is 0 Å². The second-order valence-electron chi connectivity index (χ2n) is 7.67. The summed E-state index contributed by atoms with van der Waals surface area (Å²) in [5.74, 6) is 0. The van der Waals surface area contributed by atoms with Crippen molar-refractivity contribution < 1.29 is 18.1 Å². The third-order valence-corrected chi connectivity index (χ3v) is 15.0. The maximum Gasteiger partial charge on any atom is 0.311 e. The van der Waals surface area contributed by atoms with E-state index in [0.29, 0.717) is 6.61 Å². The van der Waals surface area contributed by atoms with Crippen LogP contribution in [0.4, 0.5) is 0 Å². The van der Waals surface area contributed by atoms with Gasteiger partial charge >= 0.3 is 8.56 Å². The highest BCUT2D eigenvalue weighted by Gasteiger charge is 2.38. The van der Waals surface area contributed by atoms with Gasteiger partial charge in [-0.15, -0.1) is 0 Å². The minimum Gasteiger partial charge on any atom is -0.437 e. The molecule has 0 aliphatic carbocycles. The summed E-state index contributed by atoms with van der Waals surface area (Å²) in [6.07, 6.45) is 2.95. The van der Waals surface area contributed by atoms with E-state index in [1.165, 1.54) is 12.5 Å². The molecule has 0 amide bonds. The summed E-state index contributed by atoms with van der Waals surface area (Å²) in [4.78, 5) is 0. The molecule has 0 atom stereocenters. The van der Waals surface area contributed by atoms with Gasteiger partial charge in [-0.25, -0.2) is 0 Å². The second kappa shape index (κ2) is 10.4. The summed E-state index contributed by atoms with van der Waals surface area (Å²) >= 11 is 0. The minimum atomic E-state index is -2.04. The van der Waals surface area contributed by atoms with Crippen LogP contribution in [0.15, 0.2) is 0 Å². The summed E-state index contributed by atoms with van der Waals surface area (Å²) in [7, 11) is -5.32. The molecule has 0 saturated heterocycles.